The fourth-order valence-electron chi connectivity index (χ4n) is 2.18. The van der Waals surface area contributed by atoms with E-state index in [0.29, 0.717) is 0 Å². The largest absolute Gasteiger partial charge is 0.264 e. The summed E-state index contributed by atoms with van der Waals surface area (Å²) in [5.74, 6) is 0.805. The van der Waals surface area contributed by atoms with Gasteiger partial charge in [0.2, 0.25) is 0 Å². The lowest BCUT2D eigenvalue weighted by atomic mass is 9.98. The summed E-state index contributed by atoms with van der Waals surface area (Å²) >= 11 is 0. The average molecular weight is 175 g/mol. The smallest absolute Gasteiger partial charge is 0.0302 e. The standard InChI is InChI=1S/C12H17N/c1-2-10-7-12(9-13-8-10)11-5-3-4-6-11/h7-9,11H,2-6H2,1H3. The minimum absolute atomic E-state index is 0.805. The Kier molecular flexibility index (Phi) is 2.62. The summed E-state index contributed by atoms with van der Waals surface area (Å²) < 4.78 is 0. The Morgan fingerprint density at radius 1 is 1.31 bits per heavy atom. The van der Waals surface area contributed by atoms with E-state index in [2.05, 4.69) is 24.2 Å². The molecule has 0 spiro atoms. The quantitative estimate of drug-likeness (QED) is 0.672. The van der Waals surface area contributed by atoms with Crippen LogP contribution in [-0.4, -0.2) is 4.98 Å². The molecule has 1 aliphatic carbocycles. The molecular formula is C12H17N. The van der Waals surface area contributed by atoms with Crippen molar-refractivity contribution in [3.05, 3.63) is 29.6 Å². The Hall–Kier alpha value is -0.850. The second kappa shape index (κ2) is 3.91. The molecule has 1 heterocycles. The first-order valence-electron chi connectivity index (χ1n) is 5.34. The van der Waals surface area contributed by atoms with Gasteiger partial charge in [-0.25, -0.2) is 0 Å². The molecule has 2 rings (SSSR count). The monoisotopic (exact) mass is 175 g/mol. The summed E-state index contributed by atoms with van der Waals surface area (Å²) in [5, 5.41) is 0. The molecule has 1 nitrogen and oxygen atoms in total. The van der Waals surface area contributed by atoms with Crippen LogP contribution in [0.1, 0.15) is 49.7 Å². The van der Waals surface area contributed by atoms with Gasteiger partial charge >= 0.3 is 0 Å². The summed E-state index contributed by atoms with van der Waals surface area (Å²) in [6, 6.07) is 2.34. The molecule has 0 unspecified atom stereocenters. The molecule has 0 amide bonds. The number of hydrogen-bond donors (Lipinski definition) is 0. The van der Waals surface area contributed by atoms with E-state index in [4.69, 9.17) is 0 Å². The van der Waals surface area contributed by atoms with Gasteiger partial charge in [0, 0.05) is 12.4 Å². The molecule has 0 radical (unpaired) electrons. The number of aromatic nitrogens is 1. The lowest BCUT2D eigenvalue weighted by Crippen LogP contribution is -1.94. The van der Waals surface area contributed by atoms with Crippen molar-refractivity contribution in [1.82, 2.24) is 4.98 Å². The Balaban J connectivity index is 2.18. The van der Waals surface area contributed by atoms with Crippen LogP contribution >= 0.6 is 0 Å². The third-order valence-corrected chi connectivity index (χ3v) is 3.05. The molecule has 1 aromatic heterocycles. The second-order valence-electron chi connectivity index (χ2n) is 3.96. The van der Waals surface area contributed by atoms with Crippen LogP contribution in [0.5, 0.6) is 0 Å². The van der Waals surface area contributed by atoms with Crippen molar-refractivity contribution in [2.45, 2.75) is 44.9 Å². The molecule has 13 heavy (non-hydrogen) atoms. The zero-order valence-electron chi connectivity index (χ0n) is 8.29. The molecule has 0 N–H and O–H groups in total. The summed E-state index contributed by atoms with van der Waals surface area (Å²) in [5.41, 5.74) is 2.85. The highest BCUT2D eigenvalue weighted by atomic mass is 14.6. The predicted molar refractivity (Wildman–Crippen MR) is 54.8 cm³/mol. The van der Waals surface area contributed by atoms with Crippen LogP contribution in [0.4, 0.5) is 0 Å². The van der Waals surface area contributed by atoms with Gasteiger partial charge in [0.1, 0.15) is 0 Å². The maximum absolute atomic E-state index is 4.30. The normalized spacial score (nSPS) is 17.9. The van der Waals surface area contributed by atoms with E-state index >= 15 is 0 Å². The average Bonchev–Trinajstić information content (AvgIpc) is 2.71. The Labute approximate surface area is 80.2 Å². The third-order valence-electron chi connectivity index (χ3n) is 3.05. The van der Waals surface area contributed by atoms with Crippen molar-refractivity contribution in [1.29, 1.82) is 0 Å². The summed E-state index contributed by atoms with van der Waals surface area (Å²) in [6.07, 6.45) is 10.7. The fourth-order valence-corrected chi connectivity index (χ4v) is 2.18. The first-order valence-corrected chi connectivity index (χ1v) is 5.34. The summed E-state index contributed by atoms with van der Waals surface area (Å²) in [7, 11) is 0. The minimum atomic E-state index is 0.805. The molecule has 1 heteroatoms. The van der Waals surface area contributed by atoms with E-state index in [1.807, 2.05) is 6.20 Å². The highest BCUT2D eigenvalue weighted by Crippen LogP contribution is 2.33. The Bertz CT molecular complexity index is 274. The van der Waals surface area contributed by atoms with Crippen molar-refractivity contribution in [3.63, 3.8) is 0 Å². The number of nitrogens with zero attached hydrogens (tertiary/aromatic N) is 1. The van der Waals surface area contributed by atoms with Crippen LogP contribution < -0.4 is 0 Å². The summed E-state index contributed by atoms with van der Waals surface area (Å²) in [4.78, 5) is 4.30. The number of pyridine rings is 1. The number of aryl methyl sites for hydroxylation is 1. The second-order valence-corrected chi connectivity index (χ2v) is 3.96. The van der Waals surface area contributed by atoms with E-state index in [9.17, 15) is 0 Å². The molecular weight excluding hydrogens is 158 g/mol. The number of hydrogen-bond acceptors (Lipinski definition) is 1. The van der Waals surface area contributed by atoms with Crippen molar-refractivity contribution in [2.24, 2.45) is 0 Å². The van der Waals surface area contributed by atoms with Crippen LogP contribution in [0.25, 0.3) is 0 Å². The predicted octanol–water partition coefficient (Wildman–Crippen LogP) is 3.30. The van der Waals surface area contributed by atoms with Gasteiger partial charge in [0.05, 0.1) is 0 Å². The van der Waals surface area contributed by atoms with Gasteiger partial charge < -0.3 is 0 Å². The molecule has 0 aliphatic heterocycles. The molecule has 1 aliphatic rings. The van der Waals surface area contributed by atoms with Crippen molar-refractivity contribution < 1.29 is 0 Å². The topological polar surface area (TPSA) is 12.9 Å². The van der Waals surface area contributed by atoms with Crippen LogP contribution in [0.3, 0.4) is 0 Å². The van der Waals surface area contributed by atoms with Gasteiger partial charge in [0.15, 0.2) is 0 Å². The zero-order valence-corrected chi connectivity index (χ0v) is 8.29. The zero-order chi connectivity index (χ0) is 9.10. The van der Waals surface area contributed by atoms with Crippen LogP contribution in [0.15, 0.2) is 18.5 Å². The fraction of sp³-hybridized carbons (Fsp3) is 0.583. The molecule has 0 saturated heterocycles. The molecule has 0 aromatic carbocycles. The molecule has 1 fully saturated rings. The highest BCUT2D eigenvalue weighted by molar-refractivity contribution is 5.22. The first-order chi connectivity index (χ1) is 6.40. The van der Waals surface area contributed by atoms with Crippen molar-refractivity contribution in [2.75, 3.05) is 0 Å². The molecule has 70 valence electrons. The SMILES string of the molecule is CCc1cncc(C2CCCC2)c1. The van der Waals surface area contributed by atoms with Crippen LogP contribution in [-0.2, 0) is 6.42 Å². The first kappa shape index (κ1) is 8.74. The van der Waals surface area contributed by atoms with Crippen molar-refractivity contribution in [3.8, 4) is 0 Å². The van der Waals surface area contributed by atoms with E-state index in [1.54, 1.807) is 0 Å². The van der Waals surface area contributed by atoms with E-state index in [0.717, 1.165) is 12.3 Å². The van der Waals surface area contributed by atoms with E-state index in [1.165, 1.54) is 36.8 Å². The van der Waals surface area contributed by atoms with Gasteiger partial charge in [-0.15, -0.1) is 0 Å². The third kappa shape index (κ3) is 1.90. The van der Waals surface area contributed by atoms with Crippen LogP contribution in [0, 0.1) is 0 Å². The lowest BCUT2D eigenvalue weighted by molar-refractivity contribution is 0.717. The number of rotatable bonds is 2. The van der Waals surface area contributed by atoms with Gasteiger partial charge in [-0.05, 0) is 36.3 Å². The van der Waals surface area contributed by atoms with Gasteiger partial charge in [-0.2, -0.15) is 0 Å². The Morgan fingerprint density at radius 3 is 2.77 bits per heavy atom. The minimum Gasteiger partial charge on any atom is -0.264 e. The maximum Gasteiger partial charge on any atom is 0.0302 e. The van der Waals surface area contributed by atoms with Gasteiger partial charge in [-0.3, -0.25) is 4.98 Å². The van der Waals surface area contributed by atoms with E-state index in [-0.39, 0.29) is 0 Å². The lowest BCUT2D eigenvalue weighted by Gasteiger charge is -2.09. The maximum atomic E-state index is 4.30. The molecule has 1 saturated carbocycles. The Morgan fingerprint density at radius 2 is 2.08 bits per heavy atom. The molecule has 0 atom stereocenters. The highest BCUT2D eigenvalue weighted by Gasteiger charge is 2.17. The van der Waals surface area contributed by atoms with E-state index < -0.39 is 0 Å². The van der Waals surface area contributed by atoms with Crippen LogP contribution in [0.2, 0.25) is 0 Å². The summed E-state index contributed by atoms with van der Waals surface area (Å²) in [6.45, 7) is 2.19. The van der Waals surface area contributed by atoms with Crippen molar-refractivity contribution >= 4 is 0 Å². The van der Waals surface area contributed by atoms with Gasteiger partial charge in [-0.1, -0.05) is 25.8 Å². The van der Waals surface area contributed by atoms with Gasteiger partial charge in [0.25, 0.3) is 0 Å². The molecule has 0 bridgehead atoms. The molecule has 1 aromatic rings.